The van der Waals surface area contributed by atoms with Crippen LogP contribution in [0, 0.1) is 0 Å². The Kier molecular flexibility index (Phi) is 4.75. The van der Waals surface area contributed by atoms with Crippen molar-refractivity contribution in [3.63, 3.8) is 0 Å². The first-order chi connectivity index (χ1) is 6.83. The summed E-state index contributed by atoms with van der Waals surface area (Å²) in [5, 5.41) is 6.61. The first kappa shape index (κ1) is 10.8. The summed E-state index contributed by atoms with van der Waals surface area (Å²) < 4.78 is 4.82. The highest BCUT2D eigenvalue weighted by atomic mass is 16.5. The van der Waals surface area contributed by atoms with E-state index in [9.17, 15) is 4.79 Å². The number of aromatic nitrogens is 2. The van der Waals surface area contributed by atoms with Gasteiger partial charge in [0.15, 0.2) is 0 Å². The van der Waals surface area contributed by atoms with Gasteiger partial charge in [0.05, 0.1) is 12.8 Å². The molecule has 0 aliphatic heterocycles. The minimum atomic E-state index is -0.0975. The van der Waals surface area contributed by atoms with Gasteiger partial charge in [0.2, 0.25) is 0 Å². The van der Waals surface area contributed by atoms with Crippen molar-refractivity contribution in [3.8, 4) is 0 Å². The zero-order chi connectivity index (χ0) is 10.2. The third-order valence-corrected chi connectivity index (χ3v) is 1.96. The quantitative estimate of drug-likeness (QED) is 0.556. The van der Waals surface area contributed by atoms with E-state index in [1.165, 1.54) is 5.56 Å². The van der Waals surface area contributed by atoms with Gasteiger partial charge in [-0.2, -0.15) is 5.10 Å². The number of ether oxygens (including phenoxy) is 1. The van der Waals surface area contributed by atoms with E-state index >= 15 is 0 Å². The molecule has 0 spiro atoms. The van der Waals surface area contributed by atoms with Crippen LogP contribution in [0.2, 0.25) is 0 Å². The van der Waals surface area contributed by atoms with E-state index in [1.807, 2.05) is 19.3 Å². The van der Waals surface area contributed by atoms with Crippen molar-refractivity contribution >= 4 is 5.97 Å². The molecule has 14 heavy (non-hydrogen) atoms. The molecular weight excluding hydrogens is 180 g/mol. The minimum Gasteiger partial charge on any atom is -0.466 e. The Hall–Kier alpha value is -1.32. The van der Waals surface area contributed by atoms with Gasteiger partial charge < -0.3 is 4.74 Å². The van der Waals surface area contributed by atoms with Crippen LogP contribution in [-0.4, -0.2) is 22.8 Å². The summed E-state index contributed by atoms with van der Waals surface area (Å²) in [6, 6.07) is 0. The van der Waals surface area contributed by atoms with E-state index < -0.39 is 0 Å². The Morgan fingerprint density at radius 3 is 3.07 bits per heavy atom. The number of carbonyl (C=O) groups excluding carboxylic acids is 1. The van der Waals surface area contributed by atoms with Crippen LogP contribution in [0.5, 0.6) is 0 Å². The standard InChI is InChI=1S/C10H16N2O2/c1-2-14-10(13)6-4-3-5-9-7-11-12-8-9/h7-8H,2-6H2,1H3,(H,11,12). The predicted octanol–water partition coefficient (Wildman–Crippen LogP) is 1.69. The molecule has 0 aromatic carbocycles. The number of hydrogen-bond donors (Lipinski definition) is 1. The lowest BCUT2D eigenvalue weighted by molar-refractivity contribution is -0.143. The molecular formula is C10H16N2O2. The Morgan fingerprint density at radius 2 is 2.43 bits per heavy atom. The van der Waals surface area contributed by atoms with Crippen molar-refractivity contribution in [1.82, 2.24) is 10.2 Å². The molecule has 0 aliphatic rings. The Morgan fingerprint density at radius 1 is 1.57 bits per heavy atom. The fraction of sp³-hybridized carbons (Fsp3) is 0.600. The van der Waals surface area contributed by atoms with Gasteiger partial charge in [0.1, 0.15) is 0 Å². The maximum Gasteiger partial charge on any atom is 0.305 e. The van der Waals surface area contributed by atoms with E-state index in [1.54, 1.807) is 0 Å². The van der Waals surface area contributed by atoms with E-state index in [0.29, 0.717) is 13.0 Å². The zero-order valence-corrected chi connectivity index (χ0v) is 8.45. The van der Waals surface area contributed by atoms with Gasteiger partial charge in [-0.25, -0.2) is 0 Å². The molecule has 4 nitrogen and oxygen atoms in total. The molecule has 78 valence electrons. The average Bonchev–Trinajstić information content (AvgIpc) is 2.65. The van der Waals surface area contributed by atoms with Crippen LogP contribution in [0.1, 0.15) is 31.7 Å². The van der Waals surface area contributed by atoms with Crippen molar-refractivity contribution in [2.24, 2.45) is 0 Å². The second-order valence-electron chi connectivity index (χ2n) is 3.12. The fourth-order valence-corrected chi connectivity index (χ4v) is 1.25. The van der Waals surface area contributed by atoms with Gasteiger partial charge in [0.25, 0.3) is 0 Å². The van der Waals surface area contributed by atoms with Crippen LogP contribution >= 0.6 is 0 Å². The molecule has 1 aromatic heterocycles. The molecule has 4 heteroatoms. The summed E-state index contributed by atoms with van der Waals surface area (Å²) in [5.74, 6) is -0.0975. The fourth-order valence-electron chi connectivity index (χ4n) is 1.25. The van der Waals surface area contributed by atoms with Gasteiger partial charge in [-0.3, -0.25) is 9.89 Å². The number of unbranched alkanes of at least 4 members (excludes halogenated alkanes) is 1. The summed E-state index contributed by atoms with van der Waals surface area (Å²) in [4.78, 5) is 11.0. The molecule has 0 fully saturated rings. The maximum atomic E-state index is 11.0. The number of rotatable bonds is 6. The predicted molar refractivity (Wildman–Crippen MR) is 52.8 cm³/mol. The molecule has 1 rings (SSSR count). The van der Waals surface area contributed by atoms with Gasteiger partial charge in [0, 0.05) is 12.6 Å². The lowest BCUT2D eigenvalue weighted by Crippen LogP contribution is -2.03. The van der Waals surface area contributed by atoms with Crippen LogP contribution < -0.4 is 0 Å². The first-order valence-corrected chi connectivity index (χ1v) is 4.96. The molecule has 1 aromatic rings. The molecule has 0 saturated carbocycles. The van der Waals surface area contributed by atoms with Crippen molar-refractivity contribution < 1.29 is 9.53 Å². The van der Waals surface area contributed by atoms with Crippen molar-refractivity contribution in [2.75, 3.05) is 6.61 Å². The van der Waals surface area contributed by atoms with Crippen molar-refractivity contribution in [2.45, 2.75) is 32.6 Å². The van der Waals surface area contributed by atoms with E-state index in [2.05, 4.69) is 10.2 Å². The van der Waals surface area contributed by atoms with Crippen molar-refractivity contribution in [3.05, 3.63) is 18.0 Å². The Balaban J connectivity index is 2.02. The van der Waals surface area contributed by atoms with E-state index in [4.69, 9.17) is 4.74 Å². The normalized spacial score (nSPS) is 10.1. The number of carbonyl (C=O) groups is 1. The van der Waals surface area contributed by atoms with Crippen LogP contribution in [-0.2, 0) is 16.0 Å². The zero-order valence-electron chi connectivity index (χ0n) is 8.45. The smallest absolute Gasteiger partial charge is 0.305 e. The Labute approximate surface area is 83.7 Å². The molecule has 0 radical (unpaired) electrons. The van der Waals surface area contributed by atoms with Gasteiger partial charge >= 0.3 is 5.97 Å². The van der Waals surface area contributed by atoms with E-state index in [0.717, 1.165) is 19.3 Å². The lowest BCUT2D eigenvalue weighted by atomic mass is 10.1. The summed E-state index contributed by atoms with van der Waals surface area (Å²) in [6.45, 7) is 2.30. The van der Waals surface area contributed by atoms with Gasteiger partial charge in [-0.05, 0) is 31.7 Å². The number of hydrogen-bond acceptors (Lipinski definition) is 3. The molecule has 0 aliphatic carbocycles. The second kappa shape index (κ2) is 6.18. The van der Waals surface area contributed by atoms with Crippen molar-refractivity contribution in [1.29, 1.82) is 0 Å². The molecule has 1 heterocycles. The third kappa shape index (κ3) is 4.07. The van der Waals surface area contributed by atoms with Crippen LogP contribution in [0.3, 0.4) is 0 Å². The third-order valence-electron chi connectivity index (χ3n) is 1.96. The second-order valence-corrected chi connectivity index (χ2v) is 3.12. The monoisotopic (exact) mass is 196 g/mol. The molecule has 1 N–H and O–H groups in total. The minimum absolute atomic E-state index is 0.0975. The average molecular weight is 196 g/mol. The summed E-state index contributed by atoms with van der Waals surface area (Å²) >= 11 is 0. The number of H-pyrrole nitrogens is 1. The van der Waals surface area contributed by atoms with Crippen LogP contribution in [0.15, 0.2) is 12.4 Å². The highest BCUT2D eigenvalue weighted by Crippen LogP contribution is 2.04. The summed E-state index contributed by atoms with van der Waals surface area (Å²) in [7, 11) is 0. The molecule has 0 amide bonds. The highest BCUT2D eigenvalue weighted by molar-refractivity contribution is 5.69. The number of aryl methyl sites for hydroxylation is 1. The molecule has 0 unspecified atom stereocenters. The lowest BCUT2D eigenvalue weighted by Gasteiger charge is -2.00. The summed E-state index contributed by atoms with van der Waals surface area (Å²) in [6.07, 6.45) is 7.05. The number of nitrogens with zero attached hydrogens (tertiary/aromatic N) is 1. The Bertz CT molecular complexity index is 257. The maximum absolute atomic E-state index is 11.0. The molecule has 0 atom stereocenters. The van der Waals surface area contributed by atoms with Gasteiger partial charge in [-0.1, -0.05) is 0 Å². The van der Waals surface area contributed by atoms with Crippen LogP contribution in [0.4, 0.5) is 0 Å². The van der Waals surface area contributed by atoms with Crippen LogP contribution in [0.25, 0.3) is 0 Å². The van der Waals surface area contributed by atoms with E-state index in [-0.39, 0.29) is 5.97 Å². The number of aromatic amines is 1. The summed E-state index contributed by atoms with van der Waals surface area (Å²) in [5.41, 5.74) is 1.19. The number of nitrogens with one attached hydrogen (secondary N) is 1. The number of esters is 1. The topological polar surface area (TPSA) is 55.0 Å². The largest absolute Gasteiger partial charge is 0.466 e. The van der Waals surface area contributed by atoms with Gasteiger partial charge in [-0.15, -0.1) is 0 Å². The highest BCUT2D eigenvalue weighted by Gasteiger charge is 2.01. The molecule has 0 bridgehead atoms. The first-order valence-electron chi connectivity index (χ1n) is 4.96. The SMILES string of the molecule is CCOC(=O)CCCCc1cn[nH]c1. The molecule has 0 saturated heterocycles.